The van der Waals surface area contributed by atoms with Gasteiger partial charge in [0, 0.05) is 81.9 Å². The molecule has 78 heavy (non-hydrogen) atoms. The lowest BCUT2D eigenvalue weighted by Gasteiger charge is -2.31. The van der Waals surface area contributed by atoms with E-state index in [0.717, 1.165) is 23.3 Å². The molecule has 0 spiro atoms. The average molecular weight is 1080 g/mol. The number of hydrogen-bond donors (Lipinski definition) is 2. The smallest absolute Gasteiger partial charge is 0.416 e. The van der Waals surface area contributed by atoms with Crippen LogP contribution in [0, 0.1) is 12.8 Å². The van der Waals surface area contributed by atoms with Crippen molar-refractivity contribution in [3.05, 3.63) is 94.1 Å². The number of ether oxygens (including phenoxy) is 5. The Morgan fingerprint density at radius 2 is 1.47 bits per heavy atom. The number of benzene rings is 3. The summed E-state index contributed by atoms with van der Waals surface area (Å²) < 4.78 is 29.4. The van der Waals surface area contributed by atoms with Crippen molar-refractivity contribution in [3.8, 4) is 17.2 Å². The molecule has 1 unspecified atom stereocenters. The SMILES string of the molecule is C.CC=C1C[C@H]2C=Nc3cc(OCCCCCOc4cc5c(cc4C)C(=O)N4CC(=CC)C[C@H]4[C@H](O)N5C(=O)OCc4ccc(NCC(=O)CCOCCCC(=O)CCN5C(=O)CC(C)C5=O)cc4)c(OC)cc3C(=O)N2C1. The van der Waals surface area contributed by atoms with Gasteiger partial charge in [-0.05, 0) is 94.7 Å². The van der Waals surface area contributed by atoms with E-state index in [2.05, 4.69) is 16.4 Å². The van der Waals surface area contributed by atoms with E-state index < -0.39 is 18.4 Å². The predicted molar refractivity (Wildman–Crippen MR) is 294 cm³/mol. The highest BCUT2D eigenvalue weighted by molar-refractivity contribution is 6.06. The number of nitrogens with zero attached hydrogens (tertiary/aromatic N) is 5. The Morgan fingerprint density at radius 3 is 2.18 bits per heavy atom. The summed E-state index contributed by atoms with van der Waals surface area (Å²) in [6.07, 6.45) is 8.05. The third-order valence-electron chi connectivity index (χ3n) is 14.8. The summed E-state index contributed by atoms with van der Waals surface area (Å²) in [5.41, 5.74) is 5.65. The monoisotopic (exact) mass is 1070 g/mol. The lowest BCUT2D eigenvalue weighted by molar-refractivity contribution is -0.139. The summed E-state index contributed by atoms with van der Waals surface area (Å²) in [4.78, 5) is 101. The standard InChI is InChI=1S/C58H70N6O13.CH4/c1-6-38-26-42-31-60-47-29-52(51(73-5)28-45(47)55(69)62(42)33-38)76-22-10-8-9-21-75-50-30-48-46(24-36(50)3)56(70)63-34-39(7-2)27-49(63)57(71)64(48)58(72)77-35-40-13-15-41(16-14-40)59-32-44(66)18-23-74-20-11-12-43(65)17-19-61-53(67)25-37(4)54(61)68;/h6-7,13-16,24,28-31,37,42,49,57,59,71H,8-12,17-23,25-27,32-35H2,1-5H3;1H4/t37?,42-,49-,57-;/m0./s1. The minimum atomic E-state index is -1.42. The van der Waals surface area contributed by atoms with E-state index in [4.69, 9.17) is 23.7 Å². The zero-order valence-electron chi connectivity index (χ0n) is 44.7. The van der Waals surface area contributed by atoms with Gasteiger partial charge in [-0.2, -0.15) is 0 Å². The average Bonchev–Trinajstić information content (AvgIpc) is 4.20. The second-order valence-electron chi connectivity index (χ2n) is 20.2. The van der Waals surface area contributed by atoms with E-state index in [-0.39, 0.29) is 118 Å². The van der Waals surface area contributed by atoms with Crippen molar-refractivity contribution in [2.75, 3.05) is 69.9 Å². The van der Waals surface area contributed by atoms with Crippen LogP contribution in [-0.4, -0.2) is 145 Å². The van der Waals surface area contributed by atoms with Gasteiger partial charge in [-0.25, -0.2) is 9.69 Å². The van der Waals surface area contributed by atoms with Crippen LogP contribution in [0.1, 0.15) is 124 Å². The third-order valence-corrected chi connectivity index (χ3v) is 14.8. The largest absolute Gasteiger partial charge is 0.493 e. The molecule has 19 nitrogen and oxygen atoms in total. The molecule has 19 heteroatoms. The minimum Gasteiger partial charge on any atom is -0.493 e. The number of amides is 5. The van der Waals surface area contributed by atoms with E-state index in [1.807, 2.05) is 38.0 Å². The maximum absolute atomic E-state index is 14.2. The minimum absolute atomic E-state index is 0. The molecule has 3 aromatic carbocycles. The molecule has 5 amide bonds. The molecule has 0 aromatic heterocycles. The molecule has 8 rings (SSSR count). The number of fused-ring (bicyclic) bond motifs is 4. The lowest BCUT2D eigenvalue weighted by atomic mass is 10.1. The number of anilines is 2. The molecule has 3 saturated heterocycles. The van der Waals surface area contributed by atoms with E-state index in [9.17, 15) is 38.7 Å². The van der Waals surface area contributed by atoms with Crippen LogP contribution in [0.2, 0.25) is 0 Å². The molecular weight excluding hydrogens is 1000 g/mol. The van der Waals surface area contributed by atoms with Crippen LogP contribution in [0.25, 0.3) is 0 Å². The Morgan fingerprint density at radius 1 is 0.769 bits per heavy atom. The maximum Gasteiger partial charge on any atom is 0.416 e. The molecule has 5 heterocycles. The van der Waals surface area contributed by atoms with Crippen LogP contribution in [0.4, 0.5) is 21.9 Å². The molecule has 2 N–H and O–H groups in total. The topological polar surface area (TPSA) is 223 Å². The van der Waals surface area contributed by atoms with Gasteiger partial charge in [0.25, 0.3) is 11.8 Å². The number of carbonyl (C=O) groups is 7. The first-order valence-electron chi connectivity index (χ1n) is 26.7. The number of aliphatic hydroxyl groups excluding tert-OH is 1. The van der Waals surface area contributed by atoms with Crippen molar-refractivity contribution in [2.45, 2.75) is 124 Å². The Hall–Kier alpha value is -7.38. The van der Waals surface area contributed by atoms with Crippen LogP contribution in [0.3, 0.4) is 0 Å². The van der Waals surface area contributed by atoms with Crippen molar-refractivity contribution in [1.82, 2.24) is 14.7 Å². The van der Waals surface area contributed by atoms with Gasteiger partial charge in [-0.1, -0.05) is 49.8 Å². The Kier molecular flexibility index (Phi) is 20.0. The van der Waals surface area contributed by atoms with Gasteiger partial charge in [0.05, 0.1) is 68.1 Å². The predicted octanol–water partition coefficient (Wildman–Crippen LogP) is 8.30. The highest BCUT2D eigenvalue weighted by Crippen LogP contribution is 2.41. The quantitative estimate of drug-likeness (QED) is 0.0489. The third kappa shape index (κ3) is 13.6. The number of allylic oxidation sites excluding steroid dienone is 2. The number of methoxy groups -OCH3 is 1. The zero-order valence-corrected chi connectivity index (χ0v) is 44.7. The molecule has 0 saturated carbocycles. The lowest BCUT2D eigenvalue weighted by Crippen LogP contribution is -2.50. The van der Waals surface area contributed by atoms with Crippen LogP contribution in [0.5, 0.6) is 17.2 Å². The van der Waals surface area contributed by atoms with Gasteiger partial charge >= 0.3 is 6.09 Å². The van der Waals surface area contributed by atoms with Gasteiger partial charge in [0.1, 0.15) is 18.1 Å². The van der Waals surface area contributed by atoms with Crippen molar-refractivity contribution in [1.29, 1.82) is 0 Å². The van der Waals surface area contributed by atoms with Crippen LogP contribution in [0.15, 0.2) is 76.8 Å². The first-order chi connectivity index (χ1) is 37.2. The number of unbranched alkanes of at least 4 members (excludes halogenated alkanes) is 2. The maximum atomic E-state index is 14.2. The first-order valence-corrected chi connectivity index (χ1v) is 26.7. The highest BCUT2D eigenvalue weighted by atomic mass is 16.6. The van der Waals surface area contributed by atoms with Crippen LogP contribution in [-0.2, 0) is 35.3 Å². The molecule has 5 aliphatic heterocycles. The fourth-order valence-corrected chi connectivity index (χ4v) is 10.2. The van der Waals surface area contributed by atoms with Crippen molar-refractivity contribution < 1.29 is 62.4 Å². The second kappa shape index (κ2) is 26.8. The second-order valence-corrected chi connectivity index (χ2v) is 20.2. The van der Waals surface area contributed by atoms with Crippen molar-refractivity contribution in [3.63, 3.8) is 0 Å². The molecule has 4 atom stereocenters. The van der Waals surface area contributed by atoms with Crippen LogP contribution >= 0.6 is 0 Å². The molecule has 0 bridgehead atoms. The summed E-state index contributed by atoms with van der Waals surface area (Å²) in [6, 6.07) is 13.0. The van der Waals surface area contributed by atoms with Gasteiger partial charge in [-0.15, -0.1) is 0 Å². The number of ketones is 2. The number of aliphatic imine (C=N–C) groups is 1. The number of imide groups is 1. The van der Waals surface area contributed by atoms with E-state index in [0.29, 0.717) is 104 Å². The molecule has 0 radical (unpaired) electrons. The van der Waals surface area contributed by atoms with E-state index >= 15 is 0 Å². The summed E-state index contributed by atoms with van der Waals surface area (Å²) in [6.45, 7) is 9.58. The number of aryl methyl sites for hydroxylation is 1. The Bertz CT molecular complexity index is 2830. The first kappa shape index (κ1) is 58.3. The Balaban J connectivity index is 0.00000882. The summed E-state index contributed by atoms with van der Waals surface area (Å²) in [7, 11) is 1.54. The normalized spacial score (nSPS) is 20.5. The number of hydrogen-bond acceptors (Lipinski definition) is 15. The molecular formula is C59H74N6O13. The number of rotatable bonds is 24. The van der Waals surface area contributed by atoms with Crippen molar-refractivity contribution in [2.24, 2.45) is 10.9 Å². The molecule has 0 aliphatic carbocycles. The molecule has 3 fully saturated rings. The summed E-state index contributed by atoms with van der Waals surface area (Å²) in [5, 5.41) is 15.0. The van der Waals surface area contributed by atoms with Crippen LogP contribution < -0.4 is 24.4 Å². The molecule has 418 valence electrons. The number of likely N-dealkylation sites (tertiary alicyclic amines) is 1. The summed E-state index contributed by atoms with van der Waals surface area (Å²) in [5.74, 6) is 0.0983. The Labute approximate surface area is 456 Å². The van der Waals surface area contributed by atoms with Gasteiger partial charge in [0.15, 0.2) is 23.5 Å². The number of aliphatic hydroxyl groups is 1. The fourth-order valence-electron chi connectivity index (χ4n) is 10.2. The number of carbonyl (C=O) groups excluding carboxylic acids is 7. The van der Waals surface area contributed by atoms with Gasteiger partial charge in [0.2, 0.25) is 11.8 Å². The zero-order chi connectivity index (χ0) is 54.8. The van der Waals surface area contributed by atoms with Gasteiger partial charge in [-0.3, -0.25) is 38.7 Å². The summed E-state index contributed by atoms with van der Waals surface area (Å²) >= 11 is 0. The van der Waals surface area contributed by atoms with Crippen molar-refractivity contribution >= 4 is 64.6 Å². The highest BCUT2D eigenvalue weighted by Gasteiger charge is 2.46. The number of Topliss-reactive ketones (excluding diaryl/α,β-unsaturated/α-hetero) is 2. The molecule has 5 aliphatic rings. The fraction of sp³-hybridized carbons (Fsp3) is 0.492. The van der Waals surface area contributed by atoms with E-state index in [1.165, 1.54) is 10.5 Å². The van der Waals surface area contributed by atoms with E-state index in [1.54, 1.807) is 67.5 Å². The molecule has 3 aromatic rings. The number of nitrogens with one attached hydrogen (secondary N) is 1. The van der Waals surface area contributed by atoms with Gasteiger partial charge < -0.3 is 43.9 Å².